The number of nitrogens with one attached hydrogen (secondary N) is 1. The summed E-state index contributed by atoms with van der Waals surface area (Å²) in [5.74, 6) is 1.93. The average molecular weight is 352 g/mol. The maximum Gasteiger partial charge on any atom is 0.126 e. The zero-order valence-corrected chi connectivity index (χ0v) is 14.7. The van der Waals surface area contributed by atoms with Gasteiger partial charge in [-0.3, -0.25) is 0 Å². The molecule has 3 rings (SSSR count). The van der Waals surface area contributed by atoms with Gasteiger partial charge in [0, 0.05) is 22.5 Å². The molecular formula is C18H26BrNO. The second-order valence-corrected chi connectivity index (χ2v) is 7.86. The first-order chi connectivity index (χ1) is 10.1. The molecular weight excluding hydrogens is 326 g/mol. The molecule has 2 unspecified atom stereocenters. The Balaban J connectivity index is 1.83. The number of benzene rings is 1. The molecule has 0 amide bonds. The van der Waals surface area contributed by atoms with Crippen LogP contribution in [0.3, 0.4) is 0 Å². The van der Waals surface area contributed by atoms with Crippen LogP contribution >= 0.6 is 15.9 Å². The molecule has 1 aromatic rings. The van der Waals surface area contributed by atoms with Crippen LogP contribution in [0.15, 0.2) is 22.7 Å². The highest BCUT2D eigenvalue weighted by molar-refractivity contribution is 9.10. The molecule has 1 aliphatic carbocycles. The third-order valence-electron chi connectivity index (χ3n) is 4.93. The molecule has 2 aliphatic rings. The van der Waals surface area contributed by atoms with E-state index in [2.05, 4.69) is 53.3 Å². The van der Waals surface area contributed by atoms with Crippen LogP contribution in [0.2, 0.25) is 0 Å². The third kappa shape index (κ3) is 3.45. The maximum atomic E-state index is 6.45. The van der Waals surface area contributed by atoms with Crippen LogP contribution in [0.1, 0.15) is 64.0 Å². The lowest BCUT2D eigenvalue weighted by Gasteiger charge is -2.43. The predicted molar refractivity (Wildman–Crippen MR) is 90.8 cm³/mol. The molecule has 0 aromatic heterocycles. The third-order valence-corrected chi connectivity index (χ3v) is 5.42. The van der Waals surface area contributed by atoms with Gasteiger partial charge in [-0.05, 0) is 44.4 Å². The number of hydrogen-bond donors (Lipinski definition) is 1. The van der Waals surface area contributed by atoms with Gasteiger partial charge in [-0.2, -0.15) is 0 Å². The first-order valence-electron chi connectivity index (χ1n) is 8.31. The fourth-order valence-electron chi connectivity index (χ4n) is 3.67. The van der Waals surface area contributed by atoms with Crippen molar-refractivity contribution in [2.24, 2.45) is 5.92 Å². The van der Waals surface area contributed by atoms with Gasteiger partial charge in [0.2, 0.25) is 0 Å². The first-order valence-corrected chi connectivity index (χ1v) is 9.11. The molecule has 3 heteroatoms. The van der Waals surface area contributed by atoms with Crippen LogP contribution in [0.5, 0.6) is 5.75 Å². The summed E-state index contributed by atoms with van der Waals surface area (Å²) in [5, 5.41) is 3.72. The van der Waals surface area contributed by atoms with Crippen LogP contribution in [0.25, 0.3) is 0 Å². The van der Waals surface area contributed by atoms with Gasteiger partial charge < -0.3 is 10.1 Å². The number of ether oxygens (including phenoxy) is 1. The summed E-state index contributed by atoms with van der Waals surface area (Å²) in [6.07, 6.45) is 7.62. The molecule has 1 saturated carbocycles. The fraction of sp³-hybridized carbons (Fsp3) is 0.667. The van der Waals surface area contributed by atoms with Crippen molar-refractivity contribution in [3.8, 4) is 5.75 Å². The summed E-state index contributed by atoms with van der Waals surface area (Å²) in [7, 11) is 0. The Morgan fingerprint density at radius 2 is 2.19 bits per heavy atom. The van der Waals surface area contributed by atoms with Crippen LogP contribution in [-0.2, 0) is 0 Å². The Hall–Kier alpha value is -0.540. The second kappa shape index (κ2) is 6.29. The van der Waals surface area contributed by atoms with E-state index in [1.165, 1.54) is 37.7 Å². The van der Waals surface area contributed by atoms with Crippen molar-refractivity contribution in [1.29, 1.82) is 0 Å². The van der Waals surface area contributed by atoms with Crippen molar-refractivity contribution in [1.82, 2.24) is 5.32 Å². The van der Waals surface area contributed by atoms with Crippen LogP contribution in [-0.4, -0.2) is 12.1 Å². The van der Waals surface area contributed by atoms with Gasteiger partial charge in [-0.25, -0.2) is 0 Å². The van der Waals surface area contributed by atoms with Crippen molar-refractivity contribution in [2.45, 2.75) is 64.0 Å². The lowest BCUT2D eigenvalue weighted by atomic mass is 9.74. The lowest BCUT2D eigenvalue weighted by molar-refractivity contribution is 0.0124. The Bertz CT molecular complexity index is 500. The Morgan fingerprint density at radius 1 is 1.38 bits per heavy atom. The number of fused-ring (bicyclic) bond motifs is 1. The van der Waals surface area contributed by atoms with Gasteiger partial charge >= 0.3 is 0 Å². The normalized spacial score (nSPS) is 28.6. The first kappa shape index (κ1) is 15.4. The van der Waals surface area contributed by atoms with E-state index in [4.69, 9.17) is 4.74 Å². The quantitative estimate of drug-likeness (QED) is 0.784. The van der Waals surface area contributed by atoms with Crippen molar-refractivity contribution in [2.75, 3.05) is 6.54 Å². The molecule has 1 heterocycles. The summed E-state index contributed by atoms with van der Waals surface area (Å²) in [6.45, 7) is 5.60. The van der Waals surface area contributed by atoms with Gasteiger partial charge in [0.15, 0.2) is 0 Å². The smallest absolute Gasteiger partial charge is 0.126 e. The zero-order valence-electron chi connectivity index (χ0n) is 13.1. The second-order valence-electron chi connectivity index (χ2n) is 6.95. The number of rotatable bonds is 5. The highest BCUT2D eigenvalue weighted by atomic mass is 79.9. The summed E-state index contributed by atoms with van der Waals surface area (Å²) >= 11 is 3.58. The monoisotopic (exact) mass is 351 g/mol. The summed E-state index contributed by atoms with van der Waals surface area (Å²) < 4.78 is 7.55. The molecule has 0 spiro atoms. The van der Waals surface area contributed by atoms with Gasteiger partial charge in [0.25, 0.3) is 0 Å². The fourth-order valence-corrected chi connectivity index (χ4v) is 4.01. The van der Waals surface area contributed by atoms with Crippen molar-refractivity contribution in [3.63, 3.8) is 0 Å². The Kier molecular flexibility index (Phi) is 4.60. The topological polar surface area (TPSA) is 21.3 Å². The van der Waals surface area contributed by atoms with E-state index in [9.17, 15) is 0 Å². The van der Waals surface area contributed by atoms with Crippen molar-refractivity contribution >= 4 is 15.9 Å². The van der Waals surface area contributed by atoms with E-state index < -0.39 is 0 Å². The number of halogens is 1. The summed E-state index contributed by atoms with van der Waals surface area (Å²) in [6, 6.07) is 6.88. The molecule has 0 saturated heterocycles. The predicted octanol–water partition coefficient (Wildman–Crippen LogP) is 5.22. The Morgan fingerprint density at radius 3 is 2.86 bits per heavy atom. The van der Waals surface area contributed by atoms with Gasteiger partial charge in [-0.1, -0.05) is 48.2 Å². The van der Waals surface area contributed by atoms with E-state index in [-0.39, 0.29) is 5.60 Å². The Labute approximate surface area is 136 Å². The molecule has 1 aliphatic heterocycles. The van der Waals surface area contributed by atoms with E-state index in [1.54, 1.807) is 0 Å². The highest BCUT2D eigenvalue weighted by Gasteiger charge is 2.39. The SMILES string of the molecule is CCCNC1CC(C)(CC2CCC2)Oc2cc(Br)ccc21. The molecule has 21 heavy (non-hydrogen) atoms. The molecule has 2 atom stereocenters. The van der Waals surface area contributed by atoms with Crippen LogP contribution in [0, 0.1) is 5.92 Å². The molecule has 1 aromatic carbocycles. The van der Waals surface area contributed by atoms with Crippen LogP contribution in [0.4, 0.5) is 0 Å². The van der Waals surface area contributed by atoms with Crippen LogP contribution < -0.4 is 10.1 Å². The maximum absolute atomic E-state index is 6.45. The summed E-state index contributed by atoms with van der Waals surface area (Å²) in [5.41, 5.74) is 1.29. The molecule has 1 N–H and O–H groups in total. The molecule has 0 radical (unpaired) electrons. The molecule has 1 fully saturated rings. The van der Waals surface area contributed by atoms with Crippen molar-refractivity contribution < 1.29 is 4.74 Å². The van der Waals surface area contributed by atoms with Crippen molar-refractivity contribution in [3.05, 3.63) is 28.2 Å². The number of hydrogen-bond acceptors (Lipinski definition) is 2. The van der Waals surface area contributed by atoms with E-state index in [0.29, 0.717) is 6.04 Å². The van der Waals surface area contributed by atoms with Gasteiger partial charge in [0.1, 0.15) is 11.4 Å². The minimum Gasteiger partial charge on any atom is -0.487 e. The zero-order chi connectivity index (χ0) is 14.9. The summed E-state index contributed by atoms with van der Waals surface area (Å²) in [4.78, 5) is 0. The average Bonchev–Trinajstić information content (AvgIpc) is 2.40. The van der Waals surface area contributed by atoms with E-state index >= 15 is 0 Å². The minimum atomic E-state index is -0.0235. The highest BCUT2D eigenvalue weighted by Crippen LogP contribution is 2.45. The molecule has 2 nitrogen and oxygen atoms in total. The van der Waals surface area contributed by atoms with E-state index in [1.807, 2.05) is 0 Å². The molecule has 0 bridgehead atoms. The van der Waals surface area contributed by atoms with Gasteiger partial charge in [-0.15, -0.1) is 0 Å². The lowest BCUT2D eigenvalue weighted by Crippen LogP contribution is -2.44. The minimum absolute atomic E-state index is 0.0235. The van der Waals surface area contributed by atoms with E-state index in [0.717, 1.165) is 29.1 Å². The largest absolute Gasteiger partial charge is 0.487 e. The van der Waals surface area contributed by atoms with Gasteiger partial charge in [0.05, 0.1) is 0 Å². The molecule has 116 valence electrons. The standard InChI is InChI=1S/C18H26BrNO/c1-3-9-20-16-12-18(2,11-13-5-4-6-13)21-17-10-14(19)7-8-15(16)17/h7-8,10,13,16,20H,3-6,9,11-12H2,1-2H3.